The van der Waals surface area contributed by atoms with Crippen LogP contribution in [0, 0.1) is 12.3 Å². The molecule has 0 spiro atoms. The van der Waals surface area contributed by atoms with Crippen LogP contribution in [0.2, 0.25) is 0 Å². The normalized spacial score (nSPS) is 9.63. The number of aromatic nitrogens is 2. The summed E-state index contributed by atoms with van der Waals surface area (Å²) in [7, 11) is 5.74. The van der Waals surface area contributed by atoms with Gasteiger partial charge in [0.1, 0.15) is 13.7 Å². The third-order valence-electron chi connectivity index (χ3n) is 2.34. The highest BCUT2D eigenvalue weighted by molar-refractivity contribution is 6.35. The zero-order valence-electron chi connectivity index (χ0n) is 10.2. The molecule has 5 nitrogen and oxygen atoms in total. The van der Waals surface area contributed by atoms with Gasteiger partial charge in [-0.3, -0.25) is 0 Å². The number of hydrogen-bond acceptors (Lipinski definition) is 5. The molecule has 0 fully saturated rings. The summed E-state index contributed by atoms with van der Waals surface area (Å²) in [5.74, 6) is 3.39. The SMILES string of the molecule is [B]c1cnc(Nc2ccc(N)cc2)nc1NCC#C. The van der Waals surface area contributed by atoms with Crippen LogP contribution in [0.15, 0.2) is 30.5 Å². The van der Waals surface area contributed by atoms with E-state index in [4.69, 9.17) is 20.0 Å². The van der Waals surface area contributed by atoms with Crippen LogP contribution in [0.5, 0.6) is 0 Å². The molecule has 0 aliphatic rings. The Hall–Kier alpha value is -2.68. The topological polar surface area (TPSA) is 75.9 Å². The predicted octanol–water partition coefficient (Wildman–Crippen LogP) is 0.641. The van der Waals surface area contributed by atoms with Crippen LogP contribution < -0.4 is 21.8 Å². The standard InChI is InChI=1S/C13H12BN5/c1-2-7-16-12-11(14)8-17-13(19-12)18-10-5-3-9(15)4-6-10/h1,3-6,8H,7,15H2,(H2,16,17,18,19). The summed E-state index contributed by atoms with van der Waals surface area (Å²) in [6.45, 7) is 0.350. The molecule has 2 aromatic rings. The van der Waals surface area contributed by atoms with Gasteiger partial charge in [-0.05, 0) is 29.7 Å². The van der Waals surface area contributed by atoms with Crippen LogP contribution in [0.3, 0.4) is 0 Å². The van der Waals surface area contributed by atoms with Gasteiger partial charge in [-0.25, -0.2) is 4.98 Å². The number of nitrogens with one attached hydrogen (secondary N) is 2. The average molecular weight is 249 g/mol. The summed E-state index contributed by atoms with van der Waals surface area (Å²) in [5, 5.41) is 5.98. The van der Waals surface area contributed by atoms with E-state index in [1.54, 1.807) is 12.1 Å². The number of rotatable bonds is 4. The second kappa shape index (κ2) is 5.78. The third-order valence-corrected chi connectivity index (χ3v) is 2.34. The molecule has 0 atom stereocenters. The largest absolute Gasteiger partial charge is 0.399 e. The molecule has 0 unspecified atom stereocenters. The first-order valence-electron chi connectivity index (χ1n) is 5.61. The maximum Gasteiger partial charge on any atom is 0.229 e. The Labute approximate surface area is 113 Å². The molecule has 0 aliphatic heterocycles. The van der Waals surface area contributed by atoms with Crippen molar-refractivity contribution in [2.75, 3.05) is 22.9 Å². The fraction of sp³-hybridized carbons (Fsp3) is 0.0769. The number of nitrogens with zero attached hydrogens (tertiary/aromatic N) is 2. The summed E-state index contributed by atoms with van der Waals surface area (Å²) in [6.07, 6.45) is 6.70. The third kappa shape index (κ3) is 3.39. The Balaban J connectivity index is 2.16. The lowest BCUT2D eigenvalue weighted by molar-refractivity contribution is 1.16. The molecular formula is C13H12BN5. The van der Waals surface area contributed by atoms with Crippen molar-refractivity contribution in [1.29, 1.82) is 0 Å². The Morgan fingerprint density at radius 1 is 1.32 bits per heavy atom. The molecule has 1 aromatic carbocycles. The highest BCUT2D eigenvalue weighted by Crippen LogP contribution is 2.14. The van der Waals surface area contributed by atoms with Crippen molar-refractivity contribution >= 4 is 36.5 Å². The number of nitrogen functional groups attached to an aromatic ring is 1. The quantitative estimate of drug-likeness (QED) is 0.421. The van der Waals surface area contributed by atoms with Crippen LogP contribution >= 0.6 is 0 Å². The lowest BCUT2D eigenvalue weighted by Gasteiger charge is -2.09. The van der Waals surface area contributed by atoms with Crippen LogP contribution in [0.4, 0.5) is 23.1 Å². The molecule has 0 saturated heterocycles. The molecule has 0 aliphatic carbocycles. The van der Waals surface area contributed by atoms with E-state index in [-0.39, 0.29) is 0 Å². The van der Waals surface area contributed by atoms with Crippen LogP contribution in [0.25, 0.3) is 0 Å². The summed E-state index contributed by atoms with van der Waals surface area (Å²) in [5.41, 5.74) is 7.59. The van der Waals surface area contributed by atoms with Crippen molar-refractivity contribution in [3.63, 3.8) is 0 Å². The number of anilines is 4. The van der Waals surface area contributed by atoms with Gasteiger partial charge in [-0.15, -0.1) is 6.42 Å². The molecule has 4 N–H and O–H groups in total. The molecule has 2 radical (unpaired) electrons. The van der Waals surface area contributed by atoms with E-state index in [0.29, 0.717) is 29.5 Å². The van der Waals surface area contributed by atoms with E-state index in [1.807, 2.05) is 12.1 Å². The Morgan fingerprint density at radius 3 is 2.74 bits per heavy atom. The van der Waals surface area contributed by atoms with Gasteiger partial charge in [0.15, 0.2) is 0 Å². The van der Waals surface area contributed by atoms with Crippen molar-refractivity contribution in [1.82, 2.24) is 9.97 Å². The van der Waals surface area contributed by atoms with E-state index < -0.39 is 0 Å². The summed E-state index contributed by atoms with van der Waals surface area (Å²) < 4.78 is 0. The van der Waals surface area contributed by atoms with Gasteiger partial charge in [0.2, 0.25) is 5.95 Å². The summed E-state index contributed by atoms with van der Waals surface area (Å²) in [4.78, 5) is 8.34. The van der Waals surface area contributed by atoms with E-state index in [1.165, 1.54) is 6.20 Å². The van der Waals surface area contributed by atoms with E-state index in [2.05, 4.69) is 26.5 Å². The highest BCUT2D eigenvalue weighted by Gasteiger charge is 2.03. The van der Waals surface area contributed by atoms with Gasteiger partial charge in [-0.2, -0.15) is 4.98 Å². The number of benzene rings is 1. The Kier molecular flexibility index (Phi) is 3.89. The zero-order chi connectivity index (χ0) is 13.7. The van der Waals surface area contributed by atoms with E-state index in [0.717, 1.165) is 5.69 Å². The van der Waals surface area contributed by atoms with Crippen molar-refractivity contribution < 1.29 is 0 Å². The molecule has 0 amide bonds. The molecule has 1 heterocycles. The van der Waals surface area contributed by atoms with Crippen molar-refractivity contribution in [2.45, 2.75) is 0 Å². The minimum absolute atomic E-state index is 0.350. The minimum atomic E-state index is 0.350. The number of nitrogens with two attached hydrogens (primary N) is 1. The Morgan fingerprint density at radius 2 is 2.05 bits per heavy atom. The van der Waals surface area contributed by atoms with Crippen molar-refractivity contribution in [2.24, 2.45) is 0 Å². The lowest BCUT2D eigenvalue weighted by atomic mass is 9.99. The second-order valence-corrected chi connectivity index (χ2v) is 3.80. The van der Waals surface area contributed by atoms with Gasteiger partial charge >= 0.3 is 0 Å². The first-order valence-corrected chi connectivity index (χ1v) is 5.61. The molecule has 0 saturated carbocycles. The minimum Gasteiger partial charge on any atom is -0.399 e. The van der Waals surface area contributed by atoms with Crippen molar-refractivity contribution in [3.05, 3.63) is 30.5 Å². The fourth-order valence-electron chi connectivity index (χ4n) is 1.42. The second-order valence-electron chi connectivity index (χ2n) is 3.80. The maximum atomic E-state index is 5.74. The van der Waals surface area contributed by atoms with Crippen LogP contribution in [-0.2, 0) is 0 Å². The highest BCUT2D eigenvalue weighted by atomic mass is 15.1. The molecule has 92 valence electrons. The monoisotopic (exact) mass is 249 g/mol. The smallest absolute Gasteiger partial charge is 0.229 e. The van der Waals surface area contributed by atoms with Gasteiger partial charge < -0.3 is 16.4 Å². The van der Waals surface area contributed by atoms with Crippen molar-refractivity contribution in [3.8, 4) is 12.3 Å². The first-order chi connectivity index (χ1) is 9.19. The predicted molar refractivity (Wildman–Crippen MR) is 78.9 cm³/mol. The summed E-state index contributed by atoms with van der Waals surface area (Å²) in [6, 6.07) is 7.25. The molecule has 19 heavy (non-hydrogen) atoms. The zero-order valence-corrected chi connectivity index (χ0v) is 10.2. The molecule has 0 bridgehead atoms. The van der Waals surface area contributed by atoms with E-state index in [9.17, 15) is 0 Å². The van der Waals surface area contributed by atoms with Gasteiger partial charge in [-0.1, -0.05) is 5.92 Å². The van der Waals surface area contributed by atoms with Crippen LogP contribution in [-0.4, -0.2) is 24.4 Å². The van der Waals surface area contributed by atoms with Gasteiger partial charge in [0, 0.05) is 17.6 Å². The van der Waals surface area contributed by atoms with Gasteiger partial charge in [0.05, 0.1) is 6.54 Å². The Bertz CT molecular complexity index is 603. The maximum absolute atomic E-state index is 5.74. The molecular weight excluding hydrogens is 237 g/mol. The summed E-state index contributed by atoms with van der Waals surface area (Å²) >= 11 is 0. The van der Waals surface area contributed by atoms with E-state index >= 15 is 0 Å². The van der Waals surface area contributed by atoms with Crippen LogP contribution in [0.1, 0.15) is 0 Å². The first kappa shape index (κ1) is 12.8. The fourth-order valence-corrected chi connectivity index (χ4v) is 1.42. The number of hydrogen-bond donors (Lipinski definition) is 3. The average Bonchev–Trinajstić information content (AvgIpc) is 2.42. The molecule has 6 heteroatoms. The van der Waals surface area contributed by atoms with Gasteiger partial charge in [0.25, 0.3) is 0 Å². The number of terminal acetylenes is 1. The lowest BCUT2D eigenvalue weighted by Crippen LogP contribution is -2.17. The molecule has 1 aromatic heterocycles. The molecule has 2 rings (SSSR count).